The Bertz CT molecular complexity index is 633. The lowest BCUT2D eigenvalue weighted by Crippen LogP contribution is -2.47. The molecule has 1 aliphatic heterocycles. The third-order valence-corrected chi connectivity index (χ3v) is 4.78. The lowest BCUT2D eigenvalue weighted by molar-refractivity contribution is -0.135. The monoisotopic (exact) mass is 349 g/mol. The van der Waals surface area contributed by atoms with Crippen LogP contribution in [0.2, 0.25) is 0 Å². The van der Waals surface area contributed by atoms with Crippen LogP contribution >= 0.6 is 11.8 Å². The molecule has 0 bridgehead atoms. The minimum absolute atomic E-state index is 0.0624. The van der Waals surface area contributed by atoms with Gasteiger partial charge in [-0.3, -0.25) is 9.59 Å². The lowest BCUT2D eigenvalue weighted by atomic mass is 10.2. The van der Waals surface area contributed by atoms with Gasteiger partial charge in [0.15, 0.2) is 0 Å². The largest absolute Gasteiger partial charge is 0.481 e. The van der Waals surface area contributed by atoms with Gasteiger partial charge in [0, 0.05) is 30.1 Å². The summed E-state index contributed by atoms with van der Waals surface area (Å²) in [5.74, 6) is 1.49. The van der Waals surface area contributed by atoms with Gasteiger partial charge >= 0.3 is 0 Å². The van der Waals surface area contributed by atoms with Crippen molar-refractivity contribution in [3.05, 3.63) is 35.5 Å². The van der Waals surface area contributed by atoms with Crippen molar-refractivity contribution in [1.29, 1.82) is 0 Å². The van der Waals surface area contributed by atoms with E-state index in [1.165, 1.54) is 0 Å². The number of ether oxygens (including phenoxy) is 1. The van der Waals surface area contributed by atoms with Crippen molar-refractivity contribution in [2.24, 2.45) is 0 Å². The van der Waals surface area contributed by atoms with Gasteiger partial charge in [-0.2, -0.15) is 0 Å². The first-order chi connectivity index (χ1) is 11.6. The van der Waals surface area contributed by atoms with E-state index in [-0.39, 0.29) is 11.8 Å². The Balaban J connectivity index is 1.97. The molecule has 1 saturated heterocycles. The van der Waals surface area contributed by atoms with E-state index in [1.807, 2.05) is 19.1 Å². The van der Waals surface area contributed by atoms with Crippen LogP contribution in [0.4, 0.5) is 0 Å². The fraction of sp³-hybridized carbons (Fsp3) is 0.471. The number of rotatable bonds is 6. The number of nitrogens with zero attached hydrogens (tertiary/aromatic N) is 2. The van der Waals surface area contributed by atoms with E-state index in [9.17, 15) is 9.59 Å². The number of hydrogen-bond acceptors (Lipinski definition) is 5. The highest BCUT2D eigenvalue weighted by Gasteiger charge is 2.34. The molecule has 24 heavy (non-hydrogen) atoms. The maximum Gasteiger partial charge on any atom is 0.250 e. The molecule has 1 aromatic rings. The van der Waals surface area contributed by atoms with E-state index in [0.717, 1.165) is 12.0 Å². The molecule has 1 atom stereocenters. The van der Waals surface area contributed by atoms with Crippen LogP contribution in [-0.4, -0.2) is 46.5 Å². The summed E-state index contributed by atoms with van der Waals surface area (Å²) < 4.78 is 5.07. The number of carbonyl (C=O) groups is 2. The molecular weight excluding hydrogens is 326 g/mol. The fourth-order valence-electron chi connectivity index (χ4n) is 2.46. The summed E-state index contributed by atoms with van der Waals surface area (Å²) in [6, 6.07) is 3.18. The number of aromatic nitrogens is 1. The van der Waals surface area contributed by atoms with Gasteiger partial charge in [-0.15, -0.1) is 11.8 Å². The number of amides is 2. The maximum absolute atomic E-state index is 12.5. The molecule has 1 fully saturated rings. The average molecular weight is 349 g/mol. The zero-order valence-corrected chi connectivity index (χ0v) is 15.1. The molecule has 1 aliphatic rings. The van der Waals surface area contributed by atoms with Crippen LogP contribution in [0.3, 0.4) is 0 Å². The molecule has 2 heterocycles. The van der Waals surface area contributed by atoms with E-state index in [1.54, 1.807) is 43.0 Å². The quantitative estimate of drug-likeness (QED) is 0.795. The van der Waals surface area contributed by atoms with Gasteiger partial charge in [-0.1, -0.05) is 13.0 Å². The Morgan fingerprint density at radius 1 is 1.54 bits per heavy atom. The molecule has 0 spiro atoms. The van der Waals surface area contributed by atoms with Gasteiger partial charge in [0.1, 0.15) is 6.04 Å². The van der Waals surface area contributed by atoms with Gasteiger partial charge in [0.05, 0.1) is 13.0 Å². The predicted octanol–water partition coefficient (Wildman–Crippen LogP) is 1.96. The smallest absolute Gasteiger partial charge is 0.250 e. The molecule has 1 N–H and O–H groups in total. The van der Waals surface area contributed by atoms with Crippen molar-refractivity contribution in [1.82, 2.24) is 15.2 Å². The molecule has 0 aliphatic carbocycles. The van der Waals surface area contributed by atoms with Crippen LogP contribution in [0.15, 0.2) is 30.0 Å². The van der Waals surface area contributed by atoms with Crippen LogP contribution in [0.25, 0.3) is 0 Å². The minimum atomic E-state index is -0.425. The molecule has 0 aromatic carbocycles. The van der Waals surface area contributed by atoms with Crippen LogP contribution in [0.1, 0.15) is 25.8 Å². The summed E-state index contributed by atoms with van der Waals surface area (Å²) in [7, 11) is 1.55. The highest BCUT2D eigenvalue weighted by Crippen LogP contribution is 2.23. The molecule has 2 rings (SSSR count). The van der Waals surface area contributed by atoms with Gasteiger partial charge < -0.3 is 15.0 Å². The van der Waals surface area contributed by atoms with Crippen molar-refractivity contribution in [3.8, 4) is 5.88 Å². The third kappa shape index (κ3) is 4.50. The minimum Gasteiger partial charge on any atom is -0.481 e. The number of pyridine rings is 1. The van der Waals surface area contributed by atoms with Gasteiger partial charge in [0.2, 0.25) is 11.8 Å². The van der Waals surface area contributed by atoms with Gasteiger partial charge in [0.25, 0.3) is 5.91 Å². The summed E-state index contributed by atoms with van der Waals surface area (Å²) in [6.07, 6.45) is 4.34. The predicted molar refractivity (Wildman–Crippen MR) is 94.6 cm³/mol. The molecule has 6 nitrogen and oxygen atoms in total. The van der Waals surface area contributed by atoms with Crippen molar-refractivity contribution in [2.75, 3.05) is 18.7 Å². The number of carbonyl (C=O) groups excluding carboxylic acids is 2. The highest BCUT2D eigenvalue weighted by atomic mass is 32.2. The summed E-state index contributed by atoms with van der Waals surface area (Å²) in [6.45, 7) is 4.17. The van der Waals surface area contributed by atoms with Crippen molar-refractivity contribution >= 4 is 23.6 Å². The zero-order valence-electron chi connectivity index (χ0n) is 14.2. The Morgan fingerprint density at radius 2 is 2.33 bits per heavy atom. The molecule has 0 radical (unpaired) electrons. The van der Waals surface area contributed by atoms with Crippen molar-refractivity contribution in [3.63, 3.8) is 0 Å². The molecular formula is C17H23N3O3S. The number of nitrogens with one attached hydrogen (secondary N) is 1. The Kier molecular flexibility index (Phi) is 6.66. The molecule has 0 saturated carbocycles. The SMILES string of the molecule is CCC=C(C)C(=O)N1CSCC1C(=O)NCc1ccnc(OC)c1. The van der Waals surface area contributed by atoms with Crippen LogP contribution < -0.4 is 10.1 Å². The number of thioether (sulfide) groups is 1. The molecule has 2 amide bonds. The molecule has 7 heteroatoms. The topological polar surface area (TPSA) is 71.5 Å². The van der Waals surface area contributed by atoms with E-state index >= 15 is 0 Å². The second-order valence-corrected chi connectivity index (χ2v) is 6.51. The lowest BCUT2D eigenvalue weighted by Gasteiger charge is -2.23. The van der Waals surface area contributed by atoms with Gasteiger partial charge in [-0.25, -0.2) is 4.98 Å². The first-order valence-corrected chi connectivity index (χ1v) is 9.04. The van der Waals surface area contributed by atoms with Crippen LogP contribution in [0, 0.1) is 0 Å². The zero-order chi connectivity index (χ0) is 17.5. The summed E-state index contributed by atoms with van der Waals surface area (Å²) in [4.78, 5) is 30.6. The van der Waals surface area contributed by atoms with Crippen LogP contribution in [0.5, 0.6) is 5.88 Å². The maximum atomic E-state index is 12.5. The first kappa shape index (κ1) is 18.3. The Morgan fingerprint density at radius 3 is 3.04 bits per heavy atom. The number of hydrogen-bond donors (Lipinski definition) is 1. The first-order valence-electron chi connectivity index (χ1n) is 7.89. The number of allylic oxidation sites excluding steroid dienone is 1. The second-order valence-electron chi connectivity index (χ2n) is 5.51. The van der Waals surface area contributed by atoms with E-state index in [4.69, 9.17) is 4.74 Å². The third-order valence-electron chi connectivity index (χ3n) is 3.77. The number of methoxy groups -OCH3 is 1. The van der Waals surface area contributed by atoms with Gasteiger partial charge in [-0.05, 0) is 25.0 Å². The molecule has 1 unspecified atom stereocenters. The van der Waals surface area contributed by atoms with E-state index in [0.29, 0.717) is 29.6 Å². The Labute approximate surface area is 146 Å². The fourth-order valence-corrected chi connectivity index (χ4v) is 3.61. The van der Waals surface area contributed by atoms with Crippen molar-refractivity contribution < 1.29 is 14.3 Å². The molecule has 1 aromatic heterocycles. The Hall–Kier alpha value is -2.02. The summed E-state index contributed by atoms with van der Waals surface area (Å²) >= 11 is 1.60. The second kappa shape index (κ2) is 8.73. The van der Waals surface area contributed by atoms with Crippen LogP contribution in [-0.2, 0) is 16.1 Å². The average Bonchev–Trinajstić information content (AvgIpc) is 3.09. The standard InChI is InChI=1S/C17H23N3O3S/c1-4-5-12(2)17(22)20-11-24-10-14(20)16(21)19-9-13-6-7-18-15(8-13)23-3/h5-8,14H,4,9-11H2,1-3H3,(H,19,21). The normalized spacial score (nSPS) is 17.7. The van der Waals surface area contributed by atoms with E-state index in [2.05, 4.69) is 10.3 Å². The van der Waals surface area contributed by atoms with E-state index < -0.39 is 6.04 Å². The molecule has 130 valence electrons. The van der Waals surface area contributed by atoms with Crippen molar-refractivity contribution in [2.45, 2.75) is 32.9 Å². The summed E-state index contributed by atoms with van der Waals surface area (Å²) in [5.41, 5.74) is 1.59. The highest BCUT2D eigenvalue weighted by molar-refractivity contribution is 7.99. The summed E-state index contributed by atoms with van der Waals surface area (Å²) in [5, 5.41) is 2.90.